The normalized spacial score (nSPS) is 29.7. The number of ether oxygens (including phenoxy) is 1. The molecule has 9 heteroatoms. The van der Waals surface area contributed by atoms with E-state index in [0.29, 0.717) is 35.7 Å². The van der Waals surface area contributed by atoms with Gasteiger partial charge in [0, 0.05) is 16.4 Å². The number of nitrogens with one attached hydrogen (secondary N) is 2. The van der Waals surface area contributed by atoms with Crippen molar-refractivity contribution in [3.8, 4) is 0 Å². The summed E-state index contributed by atoms with van der Waals surface area (Å²) in [5.74, 6) is -2.54. The van der Waals surface area contributed by atoms with Gasteiger partial charge in [0.1, 0.15) is 11.6 Å². The number of nitrogens with zero attached hydrogens (tertiary/aromatic N) is 1. The zero-order chi connectivity index (χ0) is 24.7. The standard InChI is InChI=1S/C26H28ClN3O5/c1-2-18(14-31)30-22(24(33)29-17-10-8-15(27)9-11-17)26-13-12-19(35-26)20(21(26)25(30)34)23(32)28-16-6-4-3-5-7-16/h3-11,18-22,31H,2,12-14H2,1H3,(H,28,32)(H,29,33)/t18-,19+,20-,21-,22?,26?/m0/s1. The van der Waals surface area contributed by atoms with E-state index in [9.17, 15) is 19.5 Å². The molecule has 5 rings (SSSR count). The number of halogens is 1. The second-order valence-corrected chi connectivity index (χ2v) is 9.83. The van der Waals surface area contributed by atoms with Gasteiger partial charge in [0.25, 0.3) is 0 Å². The molecule has 3 saturated heterocycles. The van der Waals surface area contributed by atoms with Crippen LogP contribution in [0, 0.1) is 11.8 Å². The van der Waals surface area contributed by atoms with Crippen molar-refractivity contribution in [1.82, 2.24) is 4.90 Å². The summed E-state index contributed by atoms with van der Waals surface area (Å²) in [4.78, 5) is 42.4. The Balaban J connectivity index is 1.49. The van der Waals surface area contributed by atoms with E-state index in [0.717, 1.165) is 0 Å². The summed E-state index contributed by atoms with van der Waals surface area (Å²) in [6.45, 7) is 1.56. The molecule has 3 amide bonds. The predicted octanol–water partition coefficient (Wildman–Crippen LogP) is 3.06. The van der Waals surface area contributed by atoms with E-state index in [4.69, 9.17) is 16.3 Å². The number of hydrogen-bond donors (Lipinski definition) is 3. The lowest BCUT2D eigenvalue weighted by Crippen LogP contribution is -2.56. The van der Waals surface area contributed by atoms with Gasteiger partial charge in [0.2, 0.25) is 17.7 Å². The lowest BCUT2D eigenvalue weighted by molar-refractivity contribution is -0.143. The van der Waals surface area contributed by atoms with Crippen LogP contribution >= 0.6 is 11.6 Å². The molecule has 0 aliphatic carbocycles. The molecule has 184 valence electrons. The maximum Gasteiger partial charge on any atom is 0.250 e. The molecule has 3 aliphatic heterocycles. The van der Waals surface area contributed by atoms with Gasteiger partial charge in [0.15, 0.2) is 0 Å². The van der Waals surface area contributed by atoms with Crippen LogP contribution in [-0.4, -0.2) is 58.1 Å². The summed E-state index contributed by atoms with van der Waals surface area (Å²) >= 11 is 5.97. The molecular weight excluding hydrogens is 470 g/mol. The van der Waals surface area contributed by atoms with Gasteiger partial charge in [-0.3, -0.25) is 14.4 Å². The lowest BCUT2D eigenvalue weighted by atomic mass is 9.70. The fraction of sp³-hybridized carbons (Fsp3) is 0.423. The Bertz CT molecular complexity index is 1120. The monoisotopic (exact) mass is 497 g/mol. The summed E-state index contributed by atoms with van der Waals surface area (Å²) in [5, 5.41) is 16.4. The number of rotatable bonds is 7. The molecule has 3 fully saturated rings. The van der Waals surface area contributed by atoms with E-state index in [1.165, 1.54) is 4.90 Å². The first-order chi connectivity index (χ1) is 16.9. The molecule has 2 aromatic rings. The fourth-order valence-electron chi connectivity index (χ4n) is 5.99. The third-order valence-corrected chi connectivity index (χ3v) is 7.77. The molecule has 3 heterocycles. The molecular formula is C26H28ClN3O5. The summed E-state index contributed by atoms with van der Waals surface area (Å²) in [7, 11) is 0. The van der Waals surface area contributed by atoms with Gasteiger partial charge in [-0.25, -0.2) is 0 Å². The highest BCUT2D eigenvalue weighted by atomic mass is 35.5. The van der Waals surface area contributed by atoms with Gasteiger partial charge in [0.05, 0.1) is 30.6 Å². The smallest absolute Gasteiger partial charge is 0.250 e. The predicted molar refractivity (Wildman–Crippen MR) is 131 cm³/mol. The van der Waals surface area contributed by atoms with Crippen molar-refractivity contribution in [2.75, 3.05) is 17.2 Å². The minimum absolute atomic E-state index is 0.292. The summed E-state index contributed by atoms with van der Waals surface area (Å²) < 4.78 is 6.40. The molecule has 8 nitrogen and oxygen atoms in total. The highest BCUT2D eigenvalue weighted by Crippen LogP contribution is 2.59. The van der Waals surface area contributed by atoms with Crippen molar-refractivity contribution in [1.29, 1.82) is 0 Å². The van der Waals surface area contributed by atoms with Crippen LogP contribution in [0.4, 0.5) is 11.4 Å². The number of carbonyl (C=O) groups excluding carboxylic acids is 3. The second-order valence-electron chi connectivity index (χ2n) is 9.40. The number of carbonyl (C=O) groups is 3. The minimum atomic E-state index is -1.13. The second kappa shape index (κ2) is 9.26. The first-order valence-corrected chi connectivity index (χ1v) is 12.3. The molecule has 0 radical (unpaired) electrons. The van der Waals surface area contributed by atoms with E-state index in [1.54, 1.807) is 36.4 Å². The molecule has 1 spiro atoms. The third kappa shape index (κ3) is 3.90. The van der Waals surface area contributed by atoms with Crippen molar-refractivity contribution >= 4 is 40.7 Å². The van der Waals surface area contributed by atoms with Gasteiger partial charge in [-0.2, -0.15) is 0 Å². The summed E-state index contributed by atoms with van der Waals surface area (Å²) in [6.07, 6.45) is 1.07. The van der Waals surface area contributed by atoms with E-state index in [1.807, 2.05) is 25.1 Å². The van der Waals surface area contributed by atoms with E-state index < -0.39 is 41.5 Å². The van der Waals surface area contributed by atoms with Gasteiger partial charge in [-0.15, -0.1) is 0 Å². The number of benzene rings is 2. The molecule has 2 unspecified atom stereocenters. The van der Waals surface area contributed by atoms with E-state index in [2.05, 4.69) is 10.6 Å². The van der Waals surface area contributed by atoms with Crippen molar-refractivity contribution in [3.63, 3.8) is 0 Å². The Kier molecular flexibility index (Phi) is 6.29. The Morgan fingerprint density at radius 1 is 1.11 bits per heavy atom. The summed E-state index contributed by atoms with van der Waals surface area (Å²) in [5.41, 5.74) is 0.0459. The number of amides is 3. The summed E-state index contributed by atoms with van der Waals surface area (Å²) in [6, 6.07) is 14.2. The van der Waals surface area contributed by atoms with Crippen LogP contribution < -0.4 is 10.6 Å². The lowest BCUT2D eigenvalue weighted by Gasteiger charge is -2.36. The van der Waals surface area contributed by atoms with Gasteiger partial charge >= 0.3 is 0 Å². The van der Waals surface area contributed by atoms with Crippen molar-refractivity contribution in [2.24, 2.45) is 11.8 Å². The van der Waals surface area contributed by atoms with Crippen LogP contribution in [0.1, 0.15) is 26.2 Å². The number of aliphatic hydroxyl groups is 1. The van der Waals surface area contributed by atoms with Crippen LogP contribution in [0.5, 0.6) is 0 Å². The third-order valence-electron chi connectivity index (χ3n) is 7.52. The minimum Gasteiger partial charge on any atom is -0.394 e. The maximum absolute atomic E-state index is 13.9. The number of para-hydroxylation sites is 1. The Hall–Kier alpha value is -2.94. The molecule has 3 aliphatic rings. The number of fused-ring (bicyclic) bond motifs is 1. The van der Waals surface area contributed by atoms with Crippen LogP contribution in [0.25, 0.3) is 0 Å². The van der Waals surface area contributed by atoms with Crippen molar-refractivity contribution < 1.29 is 24.2 Å². The van der Waals surface area contributed by atoms with E-state index >= 15 is 0 Å². The molecule has 0 saturated carbocycles. The Morgan fingerprint density at radius 2 is 1.77 bits per heavy atom. The van der Waals surface area contributed by atoms with Crippen molar-refractivity contribution in [2.45, 2.75) is 50.0 Å². The molecule has 35 heavy (non-hydrogen) atoms. The Morgan fingerprint density at radius 3 is 2.43 bits per heavy atom. The van der Waals surface area contributed by atoms with Gasteiger partial charge in [-0.05, 0) is 55.7 Å². The van der Waals surface area contributed by atoms with Gasteiger partial charge < -0.3 is 25.4 Å². The van der Waals surface area contributed by atoms with Crippen LogP contribution in [0.15, 0.2) is 54.6 Å². The highest BCUT2D eigenvalue weighted by molar-refractivity contribution is 6.30. The van der Waals surface area contributed by atoms with Crippen LogP contribution in [-0.2, 0) is 19.1 Å². The number of anilines is 2. The largest absolute Gasteiger partial charge is 0.394 e. The van der Waals surface area contributed by atoms with Crippen LogP contribution in [0.2, 0.25) is 5.02 Å². The van der Waals surface area contributed by atoms with Crippen LogP contribution in [0.3, 0.4) is 0 Å². The molecule has 2 aromatic carbocycles. The number of likely N-dealkylation sites (tertiary alicyclic amines) is 1. The highest BCUT2D eigenvalue weighted by Gasteiger charge is 2.75. The van der Waals surface area contributed by atoms with E-state index in [-0.39, 0.29) is 18.4 Å². The molecule has 2 bridgehead atoms. The SMILES string of the molecule is CC[C@@H](CO)N1C(=O)[C@@H]2[C@@H](C(=O)Nc3ccccc3)[C@H]3CCC2(O3)C1C(=O)Nc1ccc(Cl)cc1. The fourth-order valence-corrected chi connectivity index (χ4v) is 6.11. The number of hydrogen-bond acceptors (Lipinski definition) is 5. The molecule has 6 atom stereocenters. The number of aliphatic hydroxyl groups excluding tert-OH is 1. The first-order valence-electron chi connectivity index (χ1n) is 11.9. The zero-order valence-electron chi connectivity index (χ0n) is 19.3. The topological polar surface area (TPSA) is 108 Å². The maximum atomic E-state index is 13.9. The van der Waals surface area contributed by atoms with Gasteiger partial charge in [-0.1, -0.05) is 36.7 Å². The average Bonchev–Trinajstić information content (AvgIpc) is 3.50. The quantitative estimate of drug-likeness (QED) is 0.545. The molecule has 0 aromatic heterocycles. The zero-order valence-corrected chi connectivity index (χ0v) is 20.1. The average molecular weight is 498 g/mol. The Labute approximate surface area is 208 Å². The molecule has 3 N–H and O–H groups in total. The first kappa shape index (κ1) is 23.8. The van der Waals surface area contributed by atoms with Crippen molar-refractivity contribution in [3.05, 3.63) is 59.6 Å².